The van der Waals surface area contributed by atoms with Crippen LogP contribution in [0, 0.1) is 0 Å². The second-order valence-corrected chi connectivity index (χ2v) is 15.0. The van der Waals surface area contributed by atoms with Gasteiger partial charge in [-0.2, -0.15) is 0 Å². The predicted molar refractivity (Wildman–Crippen MR) is 145 cm³/mol. The van der Waals surface area contributed by atoms with Crippen LogP contribution in [0.3, 0.4) is 0 Å². The van der Waals surface area contributed by atoms with Crippen molar-refractivity contribution in [3.63, 3.8) is 0 Å². The molecule has 33 heavy (non-hydrogen) atoms. The van der Waals surface area contributed by atoms with Crippen LogP contribution in [0.1, 0.15) is 61.8 Å². The van der Waals surface area contributed by atoms with Gasteiger partial charge >= 0.3 is 0 Å². The first-order valence-corrected chi connectivity index (χ1v) is 15.3. The van der Waals surface area contributed by atoms with Crippen LogP contribution in [0.15, 0.2) is 105 Å². The molecule has 2 unspecified atom stereocenters. The van der Waals surface area contributed by atoms with Crippen molar-refractivity contribution in [2.24, 2.45) is 0 Å². The van der Waals surface area contributed by atoms with Crippen molar-refractivity contribution in [2.45, 2.75) is 52.6 Å². The molecule has 0 radical (unpaired) electrons. The zero-order valence-electron chi connectivity index (χ0n) is 20.6. The fourth-order valence-electron chi connectivity index (χ4n) is 7.01. The smallest absolute Gasteiger partial charge is 0.0619 e. The fraction of sp³-hybridized carbons (Fsp3) is 0.250. The first-order chi connectivity index (χ1) is 15.8. The molecule has 0 heterocycles. The molecule has 0 aromatic heterocycles. The fourth-order valence-corrected chi connectivity index (χ4v) is 11.2. The molecule has 1 heteroatoms. The minimum absolute atomic E-state index is 0.451. The van der Waals surface area contributed by atoms with E-state index in [2.05, 4.69) is 114 Å². The maximum atomic E-state index is 2.58. The molecule has 0 nitrogen and oxygen atoms in total. The Morgan fingerprint density at radius 1 is 0.576 bits per heavy atom. The first-order valence-electron chi connectivity index (χ1n) is 12.3. The van der Waals surface area contributed by atoms with E-state index in [0.717, 1.165) is 0 Å². The number of rotatable bonds is 2. The maximum absolute atomic E-state index is 2.58. The number of hydrogen-bond acceptors (Lipinski definition) is 0. The van der Waals surface area contributed by atoms with Crippen LogP contribution in [0.2, 0.25) is 13.1 Å². The molecule has 0 bridgehead atoms. The van der Waals surface area contributed by atoms with E-state index in [0.29, 0.717) is 11.8 Å². The van der Waals surface area contributed by atoms with Crippen molar-refractivity contribution < 1.29 is 0 Å². The Labute approximate surface area is 199 Å². The molecule has 0 amide bonds. The van der Waals surface area contributed by atoms with Crippen LogP contribution >= 0.6 is 0 Å². The molecule has 2 atom stereocenters. The lowest BCUT2D eigenvalue weighted by Crippen LogP contribution is -2.35. The lowest BCUT2D eigenvalue weighted by Gasteiger charge is -2.35. The minimum Gasteiger partial charge on any atom is -0.0619 e. The molecule has 0 saturated carbocycles. The predicted octanol–water partition coefficient (Wildman–Crippen LogP) is 8.69. The number of benzene rings is 2. The Balaban J connectivity index is 1.50. The summed E-state index contributed by atoms with van der Waals surface area (Å²) >= 11 is 0. The Morgan fingerprint density at radius 2 is 0.970 bits per heavy atom. The van der Waals surface area contributed by atoms with E-state index in [4.69, 9.17) is 0 Å². The van der Waals surface area contributed by atoms with E-state index in [1.165, 1.54) is 55.7 Å². The second kappa shape index (κ2) is 7.05. The molecule has 2 aromatic carbocycles. The van der Waals surface area contributed by atoms with Gasteiger partial charge in [-0.15, -0.1) is 0 Å². The van der Waals surface area contributed by atoms with Gasteiger partial charge in [0.25, 0.3) is 0 Å². The third kappa shape index (κ3) is 2.82. The van der Waals surface area contributed by atoms with Gasteiger partial charge in [0.1, 0.15) is 8.07 Å². The van der Waals surface area contributed by atoms with Crippen molar-refractivity contribution in [2.75, 3.05) is 0 Å². The van der Waals surface area contributed by atoms with Crippen molar-refractivity contribution in [3.8, 4) is 0 Å². The van der Waals surface area contributed by atoms with Crippen LogP contribution in [0.25, 0.3) is 12.2 Å². The molecule has 0 fully saturated rings. The Kier molecular flexibility index (Phi) is 4.42. The second-order valence-electron chi connectivity index (χ2n) is 10.8. The average Bonchev–Trinajstić information content (AvgIpc) is 3.31. The van der Waals surface area contributed by atoms with Crippen molar-refractivity contribution >= 4 is 20.2 Å². The highest BCUT2D eigenvalue weighted by molar-refractivity contribution is 6.93. The highest BCUT2D eigenvalue weighted by atomic mass is 28.3. The number of hydrogen-bond donors (Lipinski definition) is 0. The molecule has 6 rings (SSSR count). The summed E-state index contributed by atoms with van der Waals surface area (Å²) in [7, 11) is -1.96. The lowest BCUT2D eigenvalue weighted by molar-refractivity contribution is 0.900. The summed E-state index contributed by atoms with van der Waals surface area (Å²) in [5.74, 6) is 0.901. The Bertz CT molecular complexity index is 1310. The van der Waals surface area contributed by atoms with Gasteiger partial charge in [0.15, 0.2) is 0 Å². The van der Waals surface area contributed by atoms with Gasteiger partial charge in [-0.05, 0) is 80.9 Å². The quantitative estimate of drug-likeness (QED) is 0.406. The summed E-state index contributed by atoms with van der Waals surface area (Å²) in [6.07, 6.45) is 9.94. The van der Waals surface area contributed by atoms with Crippen molar-refractivity contribution in [1.82, 2.24) is 0 Å². The van der Waals surface area contributed by atoms with Gasteiger partial charge in [0.2, 0.25) is 0 Å². The van der Waals surface area contributed by atoms with E-state index in [1.807, 2.05) is 0 Å². The third-order valence-electron chi connectivity index (χ3n) is 8.40. The van der Waals surface area contributed by atoms with Gasteiger partial charge in [0, 0.05) is 11.8 Å². The molecule has 164 valence electrons. The molecule has 2 aromatic rings. The number of fused-ring (bicyclic) bond motifs is 4. The molecule has 0 aliphatic heterocycles. The number of allylic oxidation sites excluding steroid dienone is 10. The van der Waals surface area contributed by atoms with E-state index in [9.17, 15) is 0 Å². The normalized spacial score (nSPS) is 23.3. The molecule has 0 spiro atoms. The monoisotopic (exact) mass is 444 g/mol. The van der Waals surface area contributed by atoms with Gasteiger partial charge in [0.05, 0.1) is 0 Å². The Hall–Kier alpha value is -2.90. The van der Waals surface area contributed by atoms with Crippen molar-refractivity contribution in [3.05, 3.63) is 127 Å². The Morgan fingerprint density at radius 3 is 1.39 bits per heavy atom. The summed E-state index contributed by atoms with van der Waals surface area (Å²) in [5, 5.41) is 3.27. The zero-order chi connectivity index (χ0) is 23.1. The van der Waals surface area contributed by atoms with Crippen LogP contribution in [0.4, 0.5) is 0 Å². The van der Waals surface area contributed by atoms with Gasteiger partial charge in [-0.1, -0.05) is 98.8 Å². The molecule has 4 aliphatic rings. The zero-order valence-corrected chi connectivity index (χ0v) is 21.6. The summed E-state index contributed by atoms with van der Waals surface area (Å²) in [5.41, 5.74) is 14.7. The summed E-state index contributed by atoms with van der Waals surface area (Å²) in [6.45, 7) is 14.6. The summed E-state index contributed by atoms with van der Waals surface area (Å²) < 4.78 is 0. The van der Waals surface area contributed by atoms with Crippen LogP contribution < -0.4 is 0 Å². The van der Waals surface area contributed by atoms with Crippen LogP contribution in [0.5, 0.6) is 0 Å². The molecule has 4 aliphatic carbocycles. The summed E-state index contributed by atoms with van der Waals surface area (Å²) in [4.78, 5) is 0. The van der Waals surface area contributed by atoms with Crippen molar-refractivity contribution in [1.29, 1.82) is 0 Å². The SMILES string of the molecule is CC1=C([Si](C)(C)C2=C(C)C=C3C2=Cc2ccccc2C3C)C2=Cc3ccccc3C(C)C2=C1. The molecular weight excluding hydrogens is 412 g/mol. The largest absolute Gasteiger partial charge is 0.114 e. The van der Waals surface area contributed by atoms with E-state index in [-0.39, 0.29) is 0 Å². The van der Waals surface area contributed by atoms with Gasteiger partial charge in [-0.25, -0.2) is 0 Å². The molecular formula is C32H32Si. The van der Waals surface area contributed by atoms with Crippen LogP contribution in [-0.4, -0.2) is 8.07 Å². The van der Waals surface area contributed by atoms with E-state index >= 15 is 0 Å². The molecule has 0 saturated heterocycles. The highest BCUT2D eigenvalue weighted by Crippen LogP contribution is 2.54. The van der Waals surface area contributed by atoms with Gasteiger partial charge in [-0.3, -0.25) is 0 Å². The highest BCUT2D eigenvalue weighted by Gasteiger charge is 2.44. The minimum atomic E-state index is -1.96. The third-order valence-corrected chi connectivity index (χ3v) is 12.2. The topological polar surface area (TPSA) is 0 Å². The summed E-state index contributed by atoms with van der Waals surface area (Å²) in [6, 6.07) is 17.9. The van der Waals surface area contributed by atoms with Crippen LogP contribution in [-0.2, 0) is 0 Å². The average molecular weight is 445 g/mol. The van der Waals surface area contributed by atoms with Gasteiger partial charge < -0.3 is 0 Å². The lowest BCUT2D eigenvalue weighted by atomic mass is 9.81. The van der Waals surface area contributed by atoms with E-state index in [1.54, 1.807) is 10.4 Å². The standard InChI is InChI=1S/C32H32Si/c1-19-15-27-21(3)25-13-9-7-11-23(25)17-29(27)31(19)33(5,6)32-20(2)16-28-22(4)26-14-10-8-12-24(26)18-30(28)32/h7-18,21-22H,1-6H3. The first kappa shape index (κ1) is 20.7. The van der Waals surface area contributed by atoms with E-state index < -0.39 is 8.07 Å². The maximum Gasteiger partial charge on any atom is 0.114 e. The molecule has 0 N–H and O–H groups in total.